The molecule has 0 N–H and O–H groups in total. The molecule has 0 aliphatic carbocycles. The van der Waals surface area contributed by atoms with E-state index in [2.05, 4.69) is 48.5 Å². The van der Waals surface area contributed by atoms with Crippen LogP contribution < -0.4 is 0 Å². The molecule has 0 aliphatic rings. The van der Waals surface area contributed by atoms with E-state index in [9.17, 15) is 4.79 Å². The minimum absolute atomic E-state index is 0.0636. The Hall–Kier alpha value is -0.820. The predicted octanol–water partition coefficient (Wildman–Crippen LogP) is 3.07. The van der Waals surface area contributed by atoms with E-state index >= 15 is 0 Å². The fraction of sp³-hybridized carbons (Fsp3) is 0. The van der Waals surface area contributed by atoms with Crippen LogP contribution in [0.5, 0.6) is 0 Å². The Kier molecular flexibility index (Phi) is 3.65. The molecule has 0 fully saturated rings. The van der Waals surface area contributed by atoms with Gasteiger partial charge in [0.05, 0.1) is 5.56 Å². The largest absolute Gasteiger partial charge is 0.288 e. The minimum Gasteiger partial charge on any atom is -0.288 e. The van der Waals surface area contributed by atoms with Crippen molar-refractivity contribution in [1.29, 1.82) is 0 Å². The molecule has 3 nitrogen and oxygen atoms in total. The van der Waals surface area contributed by atoms with Crippen LogP contribution in [0.3, 0.4) is 0 Å². The number of carbonyl (C=O) groups is 1. The number of ketones is 1. The Bertz CT molecular complexity index is 531. The topological polar surface area (TPSA) is 42.9 Å². The standard InChI is InChI=1S/C11H6BrIN2O/c12-8-1-2-10(13)9(3-8)11(16)7-4-14-6-15-5-7/h1-6H. The lowest BCUT2D eigenvalue weighted by Crippen LogP contribution is -2.04. The Morgan fingerprint density at radius 1 is 1.25 bits per heavy atom. The maximum absolute atomic E-state index is 12.1. The van der Waals surface area contributed by atoms with Gasteiger partial charge in [-0.1, -0.05) is 15.9 Å². The molecule has 0 saturated heterocycles. The minimum atomic E-state index is -0.0636. The van der Waals surface area contributed by atoms with Crippen LogP contribution in [0.15, 0.2) is 41.4 Å². The van der Waals surface area contributed by atoms with Crippen LogP contribution in [-0.2, 0) is 0 Å². The van der Waals surface area contributed by atoms with Gasteiger partial charge < -0.3 is 0 Å². The lowest BCUT2D eigenvalue weighted by molar-refractivity contribution is 0.103. The maximum Gasteiger partial charge on any atom is 0.197 e. The van der Waals surface area contributed by atoms with Crippen molar-refractivity contribution in [3.05, 3.63) is 56.1 Å². The summed E-state index contributed by atoms with van der Waals surface area (Å²) in [6, 6.07) is 5.60. The molecule has 2 aromatic rings. The fourth-order valence-electron chi connectivity index (χ4n) is 1.24. The van der Waals surface area contributed by atoms with Crippen molar-refractivity contribution in [3.63, 3.8) is 0 Å². The molecule has 0 saturated carbocycles. The highest BCUT2D eigenvalue weighted by Gasteiger charge is 2.13. The SMILES string of the molecule is O=C(c1cncnc1)c1cc(Br)ccc1I. The van der Waals surface area contributed by atoms with Crippen molar-refractivity contribution in [3.8, 4) is 0 Å². The zero-order valence-corrected chi connectivity index (χ0v) is 11.8. The molecule has 16 heavy (non-hydrogen) atoms. The molecular weight excluding hydrogens is 383 g/mol. The first-order valence-electron chi connectivity index (χ1n) is 4.43. The molecule has 2 rings (SSSR count). The third-order valence-electron chi connectivity index (χ3n) is 2.00. The smallest absolute Gasteiger partial charge is 0.197 e. The maximum atomic E-state index is 12.1. The Morgan fingerprint density at radius 3 is 2.62 bits per heavy atom. The molecule has 0 amide bonds. The van der Waals surface area contributed by atoms with Crippen molar-refractivity contribution in [2.24, 2.45) is 0 Å². The Morgan fingerprint density at radius 2 is 1.94 bits per heavy atom. The van der Waals surface area contributed by atoms with Gasteiger partial charge in [0.15, 0.2) is 5.78 Å². The van der Waals surface area contributed by atoms with Gasteiger partial charge >= 0.3 is 0 Å². The summed E-state index contributed by atoms with van der Waals surface area (Å²) in [5.41, 5.74) is 1.16. The lowest BCUT2D eigenvalue weighted by Gasteiger charge is -2.03. The fourth-order valence-corrected chi connectivity index (χ4v) is 2.18. The van der Waals surface area contributed by atoms with Gasteiger partial charge in [-0.05, 0) is 40.8 Å². The average Bonchev–Trinajstić information content (AvgIpc) is 2.32. The molecule has 0 radical (unpaired) electrons. The van der Waals surface area contributed by atoms with Gasteiger partial charge in [0.25, 0.3) is 0 Å². The molecule has 0 unspecified atom stereocenters. The molecular formula is C11H6BrIN2O. The highest BCUT2D eigenvalue weighted by Crippen LogP contribution is 2.20. The second-order valence-electron chi connectivity index (χ2n) is 3.08. The van der Waals surface area contributed by atoms with Gasteiger partial charge in [0.1, 0.15) is 6.33 Å². The molecule has 0 bridgehead atoms. The van der Waals surface area contributed by atoms with E-state index in [4.69, 9.17) is 0 Å². The Balaban J connectivity index is 2.46. The molecule has 1 aromatic heterocycles. The third-order valence-corrected chi connectivity index (χ3v) is 3.43. The van der Waals surface area contributed by atoms with E-state index in [1.54, 1.807) is 6.07 Å². The molecule has 80 valence electrons. The Labute approximate surface area is 115 Å². The average molecular weight is 389 g/mol. The van der Waals surface area contributed by atoms with Crippen LogP contribution in [0, 0.1) is 3.57 Å². The normalized spacial score (nSPS) is 10.1. The summed E-state index contributed by atoms with van der Waals surface area (Å²) in [5.74, 6) is -0.0636. The summed E-state index contributed by atoms with van der Waals surface area (Å²) >= 11 is 5.49. The highest BCUT2D eigenvalue weighted by molar-refractivity contribution is 14.1. The van der Waals surface area contributed by atoms with Crippen molar-refractivity contribution in [1.82, 2.24) is 9.97 Å². The van der Waals surface area contributed by atoms with Crippen LogP contribution in [0.4, 0.5) is 0 Å². The zero-order chi connectivity index (χ0) is 11.5. The van der Waals surface area contributed by atoms with Crippen LogP contribution in [0.2, 0.25) is 0 Å². The first kappa shape index (κ1) is 11.7. The quantitative estimate of drug-likeness (QED) is 0.586. The molecule has 5 heteroatoms. The van der Waals surface area contributed by atoms with Crippen LogP contribution in [-0.4, -0.2) is 15.8 Å². The summed E-state index contributed by atoms with van der Waals surface area (Å²) in [5, 5.41) is 0. The molecule has 1 heterocycles. The first-order chi connectivity index (χ1) is 7.68. The predicted molar refractivity (Wildman–Crippen MR) is 72.3 cm³/mol. The van der Waals surface area contributed by atoms with Crippen molar-refractivity contribution < 1.29 is 4.79 Å². The highest BCUT2D eigenvalue weighted by atomic mass is 127. The first-order valence-corrected chi connectivity index (χ1v) is 6.30. The monoisotopic (exact) mass is 388 g/mol. The van der Waals surface area contributed by atoms with E-state index in [1.165, 1.54) is 18.7 Å². The van der Waals surface area contributed by atoms with E-state index < -0.39 is 0 Å². The number of carbonyl (C=O) groups excluding carboxylic acids is 1. The molecule has 0 aliphatic heterocycles. The summed E-state index contributed by atoms with van der Waals surface area (Å²) in [7, 11) is 0. The number of benzene rings is 1. The van der Waals surface area contributed by atoms with Crippen molar-refractivity contribution in [2.75, 3.05) is 0 Å². The second kappa shape index (κ2) is 5.01. The van der Waals surface area contributed by atoms with E-state index in [0.717, 1.165) is 8.04 Å². The number of halogens is 2. The van der Waals surface area contributed by atoms with E-state index in [0.29, 0.717) is 11.1 Å². The van der Waals surface area contributed by atoms with Crippen molar-refractivity contribution >= 4 is 44.3 Å². The molecule has 0 spiro atoms. The zero-order valence-electron chi connectivity index (χ0n) is 8.02. The molecule has 1 aromatic carbocycles. The van der Waals surface area contributed by atoms with Gasteiger partial charge in [-0.3, -0.25) is 4.79 Å². The van der Waals surface area contributed by atoms with Gasteiger partial charge in [-0.2, -0.15) is 0 Å². The number of rotatable bonds is 2. The summed E-state index contributed by atoms with van der Waals surface area (Å²) < 4.78 is 1.79. The van der Waals surface area contributed by atoms with E-state index in [-0.39, 0.29) is 5.78 Å². The van der Waals surface area contributed by atoms with Gasteiger partial charge in [-0.25, -0.2) is 9.97 Å². The second-order valence-corrected chi connectivity index (χ2v) is 5.16. The van der Waals surface area contributed by atoms with Crippen LogP contribution >= 0.6 is 38.5 Å². The summed E-state index contributed by atoms with van der Waals surface area (Å²) in [6.45, 7) is 0. The van der Waals surface area contributed by atoms with Crippen LogP contribution in [0.25, 0.3) is 0 Å². The third kappa shape index (κ3) is 2.46. The number of hydrogen-bond donors (Lipinski definition) is 0. The molecule has 0 atom stereocenters. The van der Waals surface area contributed by atoms with Gasteiger partial charge in [0, 0.05) is 26.0 Å². The van der Waals surface area contributed by atoms with E-state index in [1.807, 2.05) is 12.1 Å². The number of nitrogens with zero attached hydrogens (tertiary/aromatic N) is 2. The number of aromatic nitrogens is 2. The number of hydrogen-bond acceptors (Lipinski definition) is 3. The van der Waals surface area contributed by atoms with Crippen molar-refractivity contribution in [2.45, 2.75) is 0 Å². The lowest BCUT2D eigenvalue weighted by atomic mass is 10.1. The summed E-state index contributed by atoms with van der Waals surface area (Å²) in [4.78, 5) is 19.8. The van der Waals surface area contributed by atoms with Gasteiger partial charge in [0.2, 0.25) is 0 Å². The van der Waals surface area contributed by atoms with Crippen LogP contribution in [0.1, 0.15) is 15.9 Å². The van der Waals surface area contributed by atoms with Gasteiger partial charge in [-0.15, -0.1) is 0 Å². The summed E-state index contributed by atoms with van der Waals surface area (Å²) in [6.07, 6.45) is 4.45.